The summed E-state index contributed by atoms with van der Waals surface area (Å²) in [6.45, 7) is 6.20. The van der Waals surface area contributed by atoms with Crippen LogP contribution < -0.4 is 16.0 Å². The van der Waals surface area contributed by atoms with Crippen LogP contribution in [0.2, 0.25) is 0 Å². The Morgan fingerprint density at radius 3 is 2.81 bits per heavy atom. The molecule has 7 heteroatoms. The SMILES string of the molecule is CCN(C)c1nc(N)c(C(=O)NC2CN3CCC2CC3)s1. The zero-order chi connectivity index (χ0) is 15.0. The number of piperidine rings is 3. The number of hydrogen-bond donors (Lipinski definition) is 2. The zero-order valence-electron chi connectivity index (χ0n) is 12.6. The molecule has 21 heavy (non-hydrogen) atoms. The second kappa shape index (κ2) is 5.81. The van der Waals surface area contributed by atoms with Crippen molar-refractivity contribution in [1.29, 1.82) is 0 Å². The van der Waals surface area contributed by atoms with Crippen LogP contribution in [0.3, 0.4) is 0 Å². The standard InChI is InChI=1S/C14H23N5OS/c1-3-18(2)14-17-12(15)11(21-14)13(20)16-10-8-19-6-4-9(10)5-7-19/h9-10H,3-8,15H2,1-2H3,(H,16,20). The zero-order valence-corrected chi connectivity index (χ0v) is 13.4. The van der Waals surface area contributed by atoms with Gasteiger partial charge in [0.05, 0.1) is 0 Å². The Balaban J connectivity index is 1.69. The third kappa shape index (κ3) is 2.85. The van der Waals surface area contributed by atoms with Gasteiger partial charge in [-0.2, -0.15) is 0 Å². The average Bonchev–Trinajstić information content (AvgIpc) is 2.90. The Labute approximate surface area is 129 Å². The molecule has 1 aromatic heterocycles. The fourth-order valence-electron chi connectivity index (χ4n) is 3.14. The van der Waals surface area contributed by atoms with Gasteiger partial charge < -0.3 is 20.9 Å². The lowest BCUT2D eigenvalue weighted by atomic mass is 9.84. The van der Waals surface area contributed by atoms with Crippen LogP contribution in [0.5, 0.6) is 0 Å². The minimum absolute atomic E-state index is 0.0699. The summed E-state index contributed by atoms with van der Waals surface area (Å²) in [5.74, 6) is 0.888. The normalized spacial score (nSPS) is 27.6. The summed E-state index contributed by atoms with van der Waals surface area (Å²) in [4.78, 5) is 21.7. The van der Waals surface area contributed by atoms with Crippen LogP contribution in [0.15, 0.2) is 0 Å². The molecule has 0 radical (unpaired) electrons. The van der Waals surface area contributed by atoms with Crippen molar-refractivity contribution in [3.8, 4) is 0 Å². The number of anilines is 2. The highest BCUT2D eigenvalue weighted by Gasteiger charge is 2.35. The van der Waals surface area contributed by atoms with Crippen molar-refractivity contribution in [2.45, 2.75) is 25.8 Å². The maximum atomic E-state index is 12.5. The van der Waals surface area contributed by atoms with E-state index in [4.69, 9.17) is 5.73 Å². The van der Waals surface area contributed by atoms with Gasteiger partial charge in [0.15, 0.2) is 5.13 Å². The average molecular weight is 309 g/mol. The van der Waals surface area contributed by atoms with Crippen molar-refractivity contribution < 1.29 is 4.79 Å². The summed E-state index contributed by atoms with van der Waals surface area (Å²) >= 11 is 1.37. The number of carbonyl (C=O) groups is 1. The van der Waals surface area contributed by atoms with Crippen molar-refractivity contribution in [1.82, 2.24) is 15.2 Å². The van der Waals surface area contributed by atoms with E-state index in [1.807, 2.05) is 18.9 Å². The molecule has 116 valence electrons. The fraction of sp³-hybridized carbons (Fsp3) is 0.714. The number of hydrogen-bond acceptors (Lipinski definition) is 6. The predicted octanol–water partition coefficient (Wildman–Crippen LogP) is 1.01. The third-order valence-corrected chi connectivity index (χ3v) is 5.81. The first-order chi connectivity index (χ1) is 10.1. The summed E-state index contributed by atoms with van der Waals surface area (Å²) in [5.41, 5.74) is 5.92. The number of nitrogens with zero attached hydrogens (tertiary/aromatic N) is 3. The van der Waals surface area contributed by atoms with Crippen molar-refractivity contribution >= 4 is 28.2 Å². The molecule has 3 saturated heterocycles. The third-order valence-electron chi connectivity index (χ3n) is 4.62. The topological polar surface area (TPSA) is 74.5 Å². The van der Waals surface area contributed by atoms with Crippen LogP contribution in [0, 0.1) is 5.92 Å². The molecule has 1 aromatic rings. The molecule has 3 fully saturated rings. The number of thiazole rings is 1. The second-order valence-corrected chi connectivity index (χ2v) is 6.92. The van der Waals surface area contributed by atoms with Gasteiger partial charge in [0.1, 0.15) is 10.7 Å². The summed E-state index contributed by atoms with van der Waals surface area (Å²) in [5, 5.41) is 3.97. The number of aromatic nitrogens is 1. The van der Waals surface area contributed by atoms with E-state index < -0.39 is 0 Å². The quantitative estimate of drug-likeness (QED) is 0.868. The summed E-state index contributed by atoms with van der Waals surface area (Å²) in [6, 6.07) is 0.258. The molecule has 0 aliphatic carbocycles. The van der Waals surface area contributed by atoms with E-state index in [2.05, 4.69) is 15.2 Å². The molecule has 3 aliphatic rings. The summed E-state index contributed by atoms with van der Waals surface area (Å²) < 4.78 is 0. The van der Waals surface area contributed by atoms with Crippen LogP contribution >= 0.6 is 11.3 Å². The number of carbonyl (C=O) groups excluding carboxylic acids is 1. The van der Waals surface area contributed by atoms with Gasteiger partial charge in [0.2, 0.25) is 0 Å². The van der Waals surface area contributed by atoms with E-state index in [1.165, 1.54) is 37.3 Å². The lowest BCUT2D eigenvalue weighted by molar-refractivity contribution is 0.0623. The Morgan fingerprint density at radius 1 is 1.52 bits per heavy atom. The number of nitrogen functional groups attached to an aromatic ring is 1. The molecule has 0 saturated carbocycles. The van der Waals surface area contributed by atoms with E-state index in [9.17, 15) is 4.79 Å². The molecule has 1 amide bonds. The largest absolute Gasteiger partial charge is 0.382 e. The molecular weight excluding hydrogens is 286 g/mol. The van der Waals surface area contributed by atoms with E-state index in [0.29, 0.717) is 16.6 Å². The molecule has 1 atom stereocenters. The van der Waals surface area contributed by atoms with E-state index in [0.717, 1.165) is 18.2 Å². The first kappa shape index (κ1) is 14.6. The molecule has 6 nitrogen and oxygen atoms in total. The lowest BCUT2D eigenvalue weighted by Crippen LogP contribution is -2.57. The number of nitrogens with one attached hydrogen (secondary N) is 1. The van der Waals surface area contributed by atoms with Crippen molar-refractivity contribution in [3.05, 3.63) is 4.88 Å². The molecule has 4 heterocycles. The van der Waals surface area contributed by atoms with E-state index in [1.54, 1.807) is 0 Å². The predicted molar refractivity (Wildman–Crippen MR) is 85.9 cm³/mol. The molecule has 3 aliphatic heterocycles. The van der Waals surface area contributed by atoms with Crippen LogP contribution in [-0.4, -0.2) is 55.1 Å². The van der Waals surface area contributed by atoms with Crippen molar-refractivity contribution in [2.75, 3.05) is 43.9 Å². The number of nitrogens with two attached hydrogens (primary N) is 1. The van der Waals surface area contributed by atoms with Gasteiger partial charge in [0.25, 0.3) is 5.91 Å². The van der Waals surface area contributed by atoms with E-state index in [-0.39, 0.29) is 11.9 Å². The molecule has 1 unspecified atom stereocenters. The smallest absolute Gasteiger partial charge is 0.265 e. The highest BCUT2D eigenvalue weighted by molar-refractivity contribution is 7.18. The maximum Gasteiger partial charge on any atom is 0.265 e. The van der Waals surface area contributed by atoms with E-state index >= 15 is 0 Å². The van der Waals surface area contributed by atoms with Gasteiger partial charge in [-0.15, -0.1) is 0 Å². The van der Waals surface area contributed by atoms with Crippen molar-refractivity contribution in [3.63, 3.8) is 0 Å². The summed E-state index contributed by atoms with van der Waals surface area (Å²) in [7, 11) is 1.95. The Kier molecular flexibility index (Phi) is 4.03. The number of amides is 1. The van der Waals surface area contributed by atoms with Gasteiger partial charge in [-0.25, -0.2) is 4.98 Å². The Hall–Kier alpha value is -1.34. The summed E-state index contributed by atoms with van der Waals surface area (Å²) in [6.07, 6.45) is 2.37. The fourth-order valence-corrected chi connectivity index (χ4v) is 4.06. The molecule has 0 aromatic carbocycles. The lowest BCUT2D eigenvalue weighted by Gasteiger charge is -2.44. The Bertz CT molecular complexity index is 523. The highest BCUT2D eigenvalue weighted by atomic mass is 32.1. The minimum Gasteiger partial charge on any atom is -0.382 e. The minimum atomic E-state index is -0.0699. The maximum absolute atomic E-state index is 12.5. The molecule has 4 rings (SSSR count). The highest BCUT2D eigenvalue weighted by Crippen LogP contribution is 2.30. The van der Waals surface area contributed by atoms with Gasteiger partial charge in [-0.3, -0.25) is 4.79 Å². The van der Waals surface area contributed by atoms with Gasteiger partial charge in [-0.05, 0) is 38.8 Å². The first-order valence-electron chi connectivity index (χ1n) is 7.59. The van der Waals surface area contributed by atoms with Gasteiger partial charge >= 0.3 is 0 Å². The molecule has 3 N–H and O–H groups in total. The number of rotatable bonds is 4. The van der Waals surface area contributed by atoms with Gasteiger partial charge in [-0.1, -0.05) is 11.3 Å². The molecule has 0 spiro atoms. The van der Waals surface area contributed by atoms with Crippen LogP contribution in [0.25, 0.3) is 0 Å². The number of fused-ring (bicyclic) bond motifs is 3. The first-order valence-corrected chi connectivity index (χ1v) is 8.40. The van der Waals surface area contributed by atoms with Crippen LogP contribution in [0.4, 0.5) is 10.9 Å². The van der Waals surface area contributed by atoms with Gasteiger partial charge in [0, 0.05) is 26.2 Å². The molecular formula is C14H23N5OS. The van der Waals surface area contributed by atoms with Crippen LogP contribution in [0.1, 0.15) is 29.4 Å². The Morgan fingerprint density at radius 2 is 2.24 bits per heavy atom. The monoisotopic (exact) mass is 309 g/mol. The van der Waals surface area contributed by atoms with Crippen molar-refractivity contribution in [2.24, 2.45) is 5.92 Å². The molecule has 2 bridgehead atoms. The second-order valence-electron chi connectivity index (χ2n) is 5.94. The van der Waals surface area contributed by atoms with Crippen LogP contribution in [-0.2, 0) is 0 Å².